The first-order valence-corrected chi connectivity index (χ1v) is 24.1. The molecule has 1 aliphatic heterocycles. The number of aryl methyl sites for hydroxylation is 1. The van der Waals surface area contributed by atoms with Crippen molar-refractivity contribution in [1.82, 2.24) is 0 Å². The van der Waals surface area contributed by atoms with Gasteiger partial charge in [0.25, 0.3) is 5.52 Å². The average molecular weight is 1070 g/mol. The fourth-order valence-corrected chi connectivity index (χ4v) is 10.4. The van der Waals surface area contributed by atoms with Crippen LogP contribution in [0.15, 0.2) is 119 Å². The number of anilines is 1. The largest absolute Gasteiger partial charge is 1.00 e. The van der Waals surface area contributed by atoms with Crippen molar-refractivity contribution in [3.63, 3.8) is 0 Å². The first kappa shape index (κ1) is 55.1. The summed E-state index contributed by atoms with van der Waals surface area (Å²) in [5, 5.41) is 0. The molecule has 0 bridgehead atoms. The van der Waals surface area contributed by atoms with Crippen LogP contribution in [0.3, 0.4) is 0 Å². The molecule has 0 N–H and O–H groups in total. The van der Waals surface area contributed by atoms with E-state index in [1.54, 1.807) is 0 Å². The van der Waals surface area contributed by atoms with Gasteiger partial charge in [0, 0.05) is 25.1 Å². The smallest absolute Gasteiger partial charge is 0.374 e. The molecule has 0 saturated carbocycles. The van der Waals surface area contributed by atoms with Gasteiger partial charge in [0.1, 0.15) is 0 Å². The molecule has 4 aromatic carbocycles. The van der Waals surface area contributed by atoms with E-state index < -0.39 is 0 Å². The van der Waals surface area contributed by atoms with Gasteiger partial charge in [-0.2, -0.15) is 4.57 Å². The lowest BCUT2D eigenvalue weighted by Crippen LogP contribution is -3.00. The third-order valence-electron chi connectivity index (χ3n) is 12.9. The van der Waals surface area contributed by atoms with E-state index in [4.69, 9.17) is 9.15 Å². The molecule has 1 aromatic heterocycles. The molecule has 64 heavy (non-hydrogen) atoms. The lowest BCUT2D eigenvalue weighted by atomic mass is 10.0. The number of halogens is 3. The van der Waals surface area contributed by atoms with Gasteiger partial charge in [-0.3, -0.25) is 0 Å². The summed E-state index contributed by atoms with van der Waals surface area (Å²) in [6, 6.07) is 34.9. The summed E-state index contributed by atoms with van der Waals surface area (Å²) in [6.45, 7) is 28.0. The molecule has 6 nitrogen and oxygen atoms in total. The maximum atomic E-state index is 6.83. The van der Waals surface area contributed by atoms with Crippen molar-refractivity contribution in [2.24, 2.45) is 0 Å². The van der Waals surface area contributed by atoms with Gasteiger partial charge in [0.2, 0.25) is 11.5 Å². The van der Waals surface area contributed by atoms with E-state index in [-0.39, 0.29) is 50.9 Å². The van der Waals surface area contributed by atoms with Crippen molar-refractivity contribution in [3.8, 4) is 28.0 Å². The van der Waals surface area contributed by atoms with Crippen LogP contribution < -0.4 is 65.1 Å². The van der Waals surface area contributed by atoms with Crippen LogP contribution in [0.2, 0.25) is 0 Å². The Kier molecular flexibility index (Phi) is 23.6. The van der Waals surface area contributed by atoms with E-state index in [9.17, 15) is 0 Å². The highest BCUT2D eigenvalue weighted by Gasteiger charge is 2.31. The summed E-state index contributed by atoms with van der Waals surface area (Å²) in [5.74, 6) is 2.74. The van der Waals surface area contributed by atoms with Gasteiger partial charge >= 0.3 is 5.89 Å². The quantitative estimate of drug-likeness (QED) is 0.0640. The standard InChI is InChI=1S/C55H77N4O2.3BrH/c1-8-33-58(34-9-2,35-10-3)39-21-31-56-50-43-48(46-23-17-15-18-24-46)27-29-52(50)60-54(56)41-45(14-7)42-55-57(32-22-40-59(36-11-4,37-12-5)38-13-6)51-44-49(28-30-53(51)61-55)47-25-19-16-20-26-47;;;/h15-20,23-30,41-44H,8-14,21-22,31-40H2,1-7H3;3*1H/q+3;;;/p-3. The van der Waals surface area contributed by atoms with E-state index in [1.807, 2.05) is 0 Å². The van der Waals surface area contributed by atoms with Gasteiger partial charge in [-0.25, -0.2) is 0 Å². The van der Waals surface area contributed by atoms with Gasteiger partial charge in [-0.1, -0.05) is 121 Å². The SMILES string of the molecule is CCC[N+](CCC)(CCC)CCCN1C(=CC(=Cc2oc3ccc(-c4ccccc4)cc3[n+]2CCC[N+](CCC)(CCC)CCC)CC)Oc2ccc(-c3ccccc3)cc21.[Br-].[Br-].[Br-]. The highest BCUT2D eigenvalue weighted by atomic mass is 79.9. The van der Waals surface area contributed by atoms with Crippen LogP contribution in [0, 0.1) is 0 Å². The fourth-order valence-electron chi connectivity index (χ4n) is 10.4. The van der Waals surface area contributed by atoms with Gasteiger partial charge < -0.3 is 74.0 Å². The Morgan fingerprint density at radius 2 is 1.06 bits per heavy atom. The van der Waals surface area contributed by atoms with Crippen molar-refractivity contribution >= 4 is 22.9 Å². The highest BCUT2D eigenvalue weighted by Crippen LogP contribution is 2.42. The van der Waals surface area contributed by atoms with Crippen LogP contribution in [0.4, 0.5) is 5.69 Å². The topological polar surface area (TPSA) is 29.5 Å². The van der Waals surface area contributed by atoms with Gasteiger partial charge in [0.05, 0.1) is 70.5 Å². The number of hydrogen-bond acceptors (Lipinski definition) is 3. The Balaban J connectivity index is 0.00000363. The van der Waals surface area contributed by atoms with E-state index >= 15 is 0 Å². The molecule has 350 valence electrons. The van der Waals surface area contributed by atoms with Crippen LogP contribution in [-0.4, -0.2) is 67.9 Å². The summed E-state index contributed by atoms with van der Waals surface area (Å²) in [6.07, 6.45) is 14.9. The molecule has 0 radical (unpaired) electrons. The number of hydrogen-bond donors (Lipinski definition) is 0. The van der Waals surface area contributed by atoms with Crippen molar-refractivity contribution < 1.29 is 73.6 Å². The lowest BCUT2D eigenvalue weighted by Gasteiger charge is -2.39. The molecule has 6 rings (SSSR count). The van der Waals surface area contributed by atoms with Crippen LogP contribution in [0.25, 0.3) is 39.4 Å². The molecule has 2 heterocycles. The fraction of sp³-hybridized carbons (Fsp3) is 0.473. The number of quaternary nitrogens is 2. The van der Waals surface area contributed by atoms with Gasteiger partial charge in [-0.15, -0.1) is 0 Å². The summed E-state index contributed by atoms with van der Waals surface area (Å²) in [7, 11) is 0. The van der Waals surface area contributed by atoms with Crippen LogP contribution in [-0.2, 0) is 6.54 Å². The highest BCUT2D eigenvalue weighted by molar-refractivity contribution is 5.79. The monoisotopic (exact) mass is 1060 g/mol. The number of allylic oxidation sites excluding steroid dienone is 2. The number of oxazole rings is 1. The van der Waals surface area contributed by atoms with Crippen molar-refractivity contribution in [3.05, 3.63) is 120 Å². The molecule has 1 aliphatic rings. The molecule has 0 saturated heterocycles. The maximum Gasteiger partial charge on any atom is 0.374 e. The van der Waals surface area contributed by atoms with E-state index in [0.29, 0.717) is 0 Å². The predicted octanol–water partition coefficient (Wildman–Crippen LogP) is 4.47. The van der Waals surface area contributed by atoms with E-state index in [0.717, 1.165) is 66.7 Å². The zero-order valence-electron chi connectivity index (χ0n) is 40.1. The second-order valence-electron chi connectivity index (χ2n) is 17.7. The Labute approximate surface area is 418 Å². The summed E-state index contributed by atoms with van der Waals surface area (Å²) >= 11 is 0. The Bertz CT molecular complexity index is 2150. The van der Waals surface area contributed by atoms with E-state index in [2.05, 4.69) is 167 Å². The second-order valence-corrected chi connectivity index (χ2v) is 17.7. The molecular weight excluding hydrogens is 988 g/mol. The third kappa shape index (κ3) is 13.9. The first-order valence-electron chi connectivity index (χ1n) is 24.1. The zero-order chi connectivity index (χ0) is 43.1. The molecule has 0 unspecified atom stereocenters. The molecule has 0 atom stereocenters. The van der Waals surface area contributed by atoms with Crippen molar-refractivity contribution in [2.75, 3.05) is 63.8 Å². The number of nitrogens with zero attached hydrogens (tertiary/aromatic N) is 4. The van der Waals surface area contributed by atoms with Gasteiger partial charge in [-0.05, 0) is 91.0 Å². The second kappa shape index (κ2) is 27.4. The van der Waals surface area contributed by atoms with Crippen LogP contribution in [0.5, 0.6) is 5.75 Å². The first-order chi connectivity index (χ1) is 29.8. The van der Waals surface area contributed by atoms with Gasteiger partial charge in [0.15, 0.2) is 12.3 Å². The molecule has 0 spiro atoms. The third-order valence-corrected chi connectivity index (χ3v) is 12.9. The minimum Gasteiger partial charge on any atom is -1.00 e. The number of rotatable bonds is 25. The summed E-state index contributed by atoms with van der Waals surface area (Å²) in [4.78, 5) is 2.45. The minimum atomic E-state index is 0. The molecular formula is C55H77Br3N4O2. The number of ether oxygens (including phenoxy) is 1. The Morgan fingerprint density at radius 1 is 0.562 bits per heavy atom. The summed E-state index contributed by atoms with van der Waals surface area (Å²) < 4.78 is 18.5. The molecule has 0 fully saturated rings. The molecule has 5 aromatic rings. The molecule has 0 amide bonds. The lowest BCUT2D eigenvalue weighted by molar-refractivity contribution is -0.930. The van der Waals surface area contributed by atoms with E-state index in [1.165, 1.54) is 128 Å². The van der Waals surface area contributed by atoms with Crippen LogP contribution in [0.1, 0.15) is 112 Å². The number of benzene rings is 4. The molecule has 0 aliphatic carbocycles. The number of fused-ring (bicyclic) bond motifs is 2. The van der Waals surface area contributed by atoms with Crippen LogP contribution >= 0.6 is 0 Å². The predicted molar refractivity (Wildman–Crippen MR) is 258 cm³/mol. The maximum absolute atomic E-state index is 6.83. The van der Waals surface area contributed by atoms with Crippen molar-refractivity contribution in [1.29, 1.82) is 0 Å². The zero-order valence-corrected chi connectivity index (χ0v) is 44.8. The number of aromatic nitrogens is 1. The normalized spacial score (nSPS) is 13.3. The Morgan fingerprint density at radius 3 is 1.58 bits per heavy atom. The Hall–Kier alpha value is -3.21. The van der Waals surface area contributed by atoms with Crippen molar-refractivity contribution in [2.45, 2.75) is 113 Å². The average Bonchev–Trinajstić information content (AvgIpc) is 3.80. The minimum absolute atomic E-state index is 0. The summed E-state index contributed by atoms with van der Waals surface area (Å²) in [5.41, 5.74) is 9.30. The molecule has 9 heteroatoms.